The normalized spacial score (nSPS) is 13.2. The minimum atomic E-state index is -1.09. The van der Waals surface area contributed by atoms with Gasteiger partial charge in [-0.25, -0.2) is 0 Å². The van der Waals surface area contributed by atoms with Crippen LogP contribution >= 0.6 is 0 Å². The second kappa shape index (κ2) is 36.3. The summed E-state index contributed by atoms with van der Waals surface area (Å²) in [5.41, 5.74) is 0. The maximum Gasteiger partial charge on any atom is 2.00 e. The summed E-state index contributed by atoms with van der Waals surface area (Å²) in [6.45, 7) is 13.1. The molecule has 0 bridgehead atoms. The molecule has 0 amide bonds. The number of carboxylic acids is 2. The molecular weight excluding hydrogens is 632 g/mol. The molecule has 0 heterocycles. The first-order chi connectivity index (χ1) is 22.0. The van der Waals surface area contributed by atoms with Gasteiger partial charge in [-0.2, -0.15) is 0 Å². The van der Waals surface area contributed by atoms with E-state index in [-0.39, 0.29) is 56.3 Å². The van der Waals surface area contributed by atoms with Crippen LogP contribution in [-0.2, 0) is 9.59 Å². The van der Waals surface area contributed by atoms with Crippen LogP contribution < -0.4 is 20.8 Å². The quantitative estimate of drug-likeness (QED) is 0.0360. The Morgan fingerprint density at radius 1 is 0.702 bits per heavy atom. The third kappa shape index (κ3) is 37.7. The predicted molar refractivity (Wildman–Crippen MR) is 186 cm³/mol. The Kier molecular flexibility index (Phi) is 39.0. The van der Waals surface area contributed by atoms with Gasteiger partial charge in [-0.3, -0.25) is 14.6 Å². The molecule has 0 aromatic heterocycles. The minimum absolute atomic E-state index is 0. The molecule has 0 radical (unpaired) electrons. The molecule has 0 spiro atoms. The molecule has 0 fully saturated rings. The summed E-state index contributed by atoms with van der Waals surface area (Å²) in [7, 11) is 0. The Morgan fingerprint density at radius 3 is 1.62 bits per heavy atom. The number of aliphatic hydroxyl groups excluding tert-OH is 3. The number of aliphatic hydroxyl groups is 3. The molecule has 0 aliphatic heterocycles. The Hall–Kier alpha value is -0.960. The van der Waals surface area contributed by atoms with Crippen LogP contribution in [0.15, 0.2) is 23.7 Å². The van der Waals surface area contributed by atoms with Crippen molar-refractivity contribution in [1.29, 1.82) is 0 Å². The molecule has 12 nitrogen and oxygen atoms in total. The van der Waals surface area contributed by atoms with E-state index in [2.05, 4.69) is 31.4 Å². The fourth-order valence-electron chi connectivity index (χ4n) is 4.41. The molecule has 47 heavy (non-hydrogen) atoms. The molecule has 2 atom stereocenters. The van der Waals surface area contributed by atoms with Gasteiger partial charge in [0.2, 0.25) is 0 Å². The Labute approximate surface area is 314 Å². The first-order valence-electron chi connectivity index (χ1n) is 17.4. The van der Waals surface area contributed by atoms with Crippen molar-refractivity contribution in [2.24, 2.45) is 0 Å². The summed E-state index contributed by atoms with van der Waals surface area (Å²) in [4.78, 5) is 25.2. The summed E-state index contributed by atoms with van der Waals surface area (Å²) in [5.74, 6) is -1.50. The molecule has 0 aromatic carbocycles. The summed E-state index contributed by atoms with van der Waals surface area (Å²) < 4.78 is 0. The molecule has 2 unspecified atom stereocenters. The third-order valence-corrected chi connectivity index (χ3v) is 7.14. The number of unbranched alkanes of at least 4 members (excludes halogenated alkanes) is 4. The van der Waals surface area contributed by atoms with Crippen molar-refractivity contribution in [3.63, 3.8) is 0 Å². The molecule has 0 aliphatic carbocycles. The molecule has 0 aliphatic rings. The monoisotopic (exact) mass is 698 g/mol. The molecular formula is C34H66CaN4O8. The van der Waals surface area contributed by atoms with Crippen LogP contribution in [0.5, 0.6) is 0 Å². The van der Waals surface area contributed by atoms with Gasteiger partial charge in [0.25, 0.3) is 0 Å². The van der Waals surface area contributed by atoms with Crippen LogP contribution in [0, 0.1) is 0 Å². The number of carbonyl (C=O) groups is 2. The fraction of sp³-hybridized carbons (Fsp3) is 0.824. The van der Waals surface area contributed by atoms with E-state index in [0.29, 0.717) is 71.2 Å². The first-order valence-corrected chi connectivity index (χ1v) is 17.4. The molecule has 6 N–H and O–H groups in total. The van der Waals surface area contributed by atoms with E-state index in [0.717, 1.165) is 64.2 Å². The Bertz CT molecular complexity index is 740. The van der Waals surface area contributed by atoms with Crippen molar-refractivity contribution in [2.45, 2.75) is 117 Å². The van der Waals surface area contributed by atoms with E-state index in [9.17, 15) is 35.1 Å². The number of rotatable bonds is 30. The maximum absolute atomic E-state index is 11.5. The van der Waals surface area contributed by atoms with E-state index >= 15 is 0 Å². The molecule has 13 heteroatoms. The summed E-state index contributed by atoms with van der Waals surface area (Å²) >= 11 is 0. The van der Waals surface area contributed by atoms with Gasteiger partial charge in [0.1, 0.15) is 5.76 Å². The van der Waals surface area contributed by atoms with Crippen LogP contribution in [0.1, 0.15) is 105 Å². The zero-order chi connectivity index (χ0) is 35.0. The van der Waals surface area contributed by atoms with E-state index < -0.39 is 24.1 Å². The van der Waals surface area contributed by atoms with Crippen molar-refractivity contribution >= 4 is 49.7 Å². The average Bonchev–Trinajstić information content (AvgIpc) is 3.02. The van der Waals surface area contributed by atoms with Crippen LogP contribution in [-0.4, -0.2) is 158 Å². The minimum Gasteiger partial charge on any atom is -0.875 e. The number of allylic oxidation sites excluding steroid dienone is 2. The topological polar surface area (TPSA) is 192 Å². The fourth-order valence-corrected chi connectivity index (χ4v) is 4.41. The Balaban J connectivity index is -0.000000807. The standard InChI is InChI=1S/2C17H34N2O4.Ca/c2*1-3-5-7-15(20)13-18-10-12-19(11-9-17(22)23)14-16(21)8-6-4-2;/h2*7,16,18,20-21H,3-6,8-14H2,1-2H3,(H,22,23);/q;;+2/p-2/b2*15-7-;. The van der Waals surface area contributed by atoms with Gasteiger partial charge in [0.05, 0.1) is 25.2 Å². The van der Waals surface area contributed by atoms with E-state index in [1.165, 1.54) is 0 Å². The van der Waals surface area contributed by atoms with Crippen molar-refractivity contribution in [3.05, 3.63) is 23.7 Å². The number of aliphatic carboxylic acids is 2. The maximum atomic E-state index is 11.5. The van der Waals surface area contributed by atoms with Crippen LogP contribution in [0.3, 0.4) is 0 Å². The number of hydrogen-bond acceptors (Lipinski definition) is 11. The molecule has 0 saturated heterocycles. The smallest absolute Gasteiger partial charge is 0.875 e. The molecule has 0 aromatic rings. The van der Waals surface area contributed by atoms with Gasteiger partial charge in [-0.05, 0) is 38.2 Å². The van der Waals surface area contributed by atoms with E-state index in [4.69, 9.17) is 5.11 Å². The number of carboxylic acid groups (broad SMARTS) is 2. The van der Waals surface area contributed by atoms with Crippen molar-refractivity contribution in [3.8, 4) is 0 Å². The van der Waals surface area contributed by atoms with Gasteiger partial charge in [-0.1, -0.05) is 72.3 Å². The van der Waals surface area contributed by atoms with Gasteiger partial charge in [0, 0.05) is 64.9 Å². The van der Waals surface area contributed by atoms with Crippen molar-refractivity contribution in [2.75, 3.05) is 65.4 Å². The molecule has 0 saturated carbocycles. The van der Waals surface area contributed by atoms with Crippen molar-refractivity contribution in [1.82, 2.24) is 20.4 Å². The summed E-state index contributed by atoms with van der Waals surface area (Å²) in [6, 6.07) is 0. The van der Waals surface area contributed by atoms with Crippen LogP contribution in [0.4, 0.5) is 0 Å². The van der Waals surface area contributed by atoms with Gasteiger partial charge < -0.3 is 46.1 Å². The zero-order valence-electron chi connectivity index (χ0n) is 29.9. The van der Waals surface area contributed by atoms with E-state index in [1.807, 2.05) is 22.8 Å². The second-order valence-corrected chi connectivity index (χ2v) is 11.8. The summed E-state index contributed by atoms with van der Waals surface area (Å²) in [6.07, 6.45) is 11.7. The Morgan fingerprint density at radius 2 is 1.17 bits per heavy atom. The third-order valence-electron chi connectivity index (χ3n) is 7.14. The van der Waals surface area contributed by atoms with Gasteiger partial charge in [-0.15, -0.1) is 5.76 Å². The van der Waals surface area contributed by atoms with Crippen LogP contribution in [0.25, 0.3) is 0 Å². The van der Waals surface area contributed by atoms with Gasteiger partial charge >= 0.3 is 43.7 Å². The SMILES string of the molecule is CCC/C=C(\O)CNCCN(CCC(=O)O)CC(O)CCCC.CCC/C=C(\[O-])CNCCN(CCC(=O)[O-])CC(O)CCCC.[Ca+2]. The van der Waals surface area contributed by atoms with Crippen LogP contribution in [0.2, 0.25) is 0 Å². The largest absolute Gasteiger partial charge is 2.00 e. The number of carbonyl (C=O) groups excluding carboxylic acids is 1. The summed E-state index contributed by atoms with van der Waals surface area (Å²) in [5, 5.41) is 66.7. The average molecular weight is 699 g/mol. The van der Waals surface area contributed by atoms with Gasteiger partial charge in [0.15, 0.2) is 0 Å². The molecule has 272 valence electrons. The first kappa shape index (κ1) is 50.4. The number of nitrogens with zero attached hydrogens (tertiary/aromatic N) is 2. The van der Waals surface area contributed by atoms with E-state index in [1.54, 1.807) is 6.08 Å². The predicted octanol–water partition coefficient (Wildman–Crippen LogP) is 1.38. The molecule has 0 rings (SSSR count). The zero-order valence-corrected chi connectivity index (χ0v) is 32.1. The van der Waals surface area contributed by atoms with Crippen molar-refractivity contribution < 1.29 is 40.2 Å². The number of hydrogen-bond donors (Lipinski definition) is 6. The second-order valence-electron chi connectivity index (χ2n) is 11.8. The number of nitrogens with one attached hydrogen (secondary N) is 2.